The van der Waals surface area contributed by atoms with Gasteiger partial charge in [-0.2, -0.15) is 0 Å². The summed E-state index contributed by atoms with van der Waals surface area (Å²) in [6, 6.07) is 8.01. The molecule has 0 N–H and O–H groups in total. The average Bonchev–Trinajstić information content (AvgIpc) is 2.72. The monoisotopic (exact) mass is 322 g/mol. The summed E-state index contributed by atoms with van der Waals surface area (Å²) < 4.78 is 8.13. The highest BCUT2D eigenvalue weighted by Gasteiger charge is 2.25. The van der Waals surface area contributed by atoms with Crippen molar-refractivity contribution in [2.45, 2.75) is 0 Å². The number of amides is 1. The van der Waals surface area contributed by atoms with Crippen LogP contribution in [0.2, 0.25) is 0 Å². The van der Waals surface area contributed by atoms with Gasteiger partial charge in [0.15, 0.2) is 0 Å². The molecule has 5 heteroatoms. The molecule has 2 aromatic rings. The first-order valence-electron chi connectivity index (χ1n) is 6.30. The van der Waals surface area contributed by atoms with Gasteiger partial charge in [0.2, 0.25) is 0 Å². The summed E-state index contributed by atoms with van der Waals surface area (Å²) in [4.78, 5) is 14.5. The third-order valence-corrected chi connectivity index (χ3v) is 4.35. The van der Waals surface area contributed by atoms with E-state index >= 15 is 0 Å². The van der Waals surface area contributed by atoms with Crippen molar-refractivity contribution in [3.8, 4) is 0 Å². The van der Waals surface area contributed by atoms with Crippen LogP contribution in [0.5, 0.6) is 0 Å². The van der Waals surface area contributed by atoms with E-state index in [1.165, 1.54) is 0 Å². The third-order valence-electron chi connectivity index (χ3n) is 3.55. The molecule has 1 amide bonds. The molecule has 0 atom stereocenters. The lowest BCUT2D eigenvalue weighted by Gasteiger charge is -2.27. The van der Waals surface area contributed by atoms with Crippen molar-refractivity contribution in [3.05, 3.63) is 34.4 Å². The Morgan fingerprint density at radius 1 is 1.26 bits per heavy atom. The molecule has 1 saturated heterocycles. The fourth-order valence-electron chi connectivity index (χ4n) is 2.50. The summed E-state index contributed by atoms with van der Waals surface area (Å²) in [5, 5.41) is 1.07. The number of aryl methyl sites for hydroxylation is 1. The number of hydrogen-bond donors (Lipinski definition) is 0. The molecule has 2 heterocycles. The molecule has 0 unspecified atom stereocenters. The normalized spacial score (nSPS) is 16.0. The van der Waals surface area contributed by atoms with Gasteiger partial charge in [-0.05, 0) is 22.0 Å². The highest BCUT2D eigenvalue weighted by Crippen LogP contribution is 2.31. The molecule has 100 valence electrons. The first-order valence-corrected chi connectivity index (χ1v) is 7.09. The lowest BCUT2D eigenvalue weighted by molar-refractivity contribution is 0.0296. The zero-order valence-corrected chi connectivity index (χ0v) is 12.3. The molecule has 0 saturated carbocycles. The minimum Gasteiger partial charge on any atom is -0.378 e. The van der Waals surface area contributed by atoms with Crippen molar-refractivity contribution in [2.24, 2.45) is 7.05 Å². The van der Waals surface area contributed by atoms with E-state index < -0.39 is 0 Å². The number of aromatic nitrogens is 1. The third kappa shape index (κ3) is 2.07. The second-order valence-corrected chi connectivity index (χ2v) is 5.44. The van der Waals surface area contributed by atoms with E-state index in [4.69, 9.17) is 4.74 Å². The highest BCUT2D eigenvalue weighted by atomic mass is 79.9. The van der Waals surface area contributed by atoms with Gasteiger partial charge in [-0.25, -0.2) is 0 Å². The van der Waals surface area contributed by atoms with E-state index in [1.807, 2.05) is 40.8 Å². The number of ether oxygens (including phenoxy) is 1. The Morgan fingerprint density at radius 2 is 1.95 bits per heavy atom. The topological polar surface area (TPSA) is 34.5 Å². The first-order chi connectivity index (χ1) is 9.20. The summed E-state index contributed by atoms with van der Waals surface area (Å²) in [7, 11) is 1.93. The number of carbonyl (C=O) groups is 1. The first kappa shape index (κ1) is 12.7. The number of benzene rings is 1. The van der Waals surface area contributed by atoms with Crippen LogP contribution in [-0.2, 0) is 11.8 Å². The molecule has 0 aliphatic carbocycles. The molecule has 1 aromatic heterocycles. The molecule has 1 fully saturated rings. The molecule has 19 heavy (non-hydrogen) atoms. The zero-order valence-electron chi connectivity index (χ0n) is 10.7. The lowest BCUT2D eigenvalue weighted by Crippen LogP contribution is -2.41. The second kappa shape index (κ2) is 4.98. The standard InChI is InChI=1S/C14H15BrN2O2/c1-16-11-5-3-2-4-10(11)12(15)13(16)14(18)17-6-8-19-9-7-17/h2-5H,6-9H2,1H3. The molecule has 1 aromatic carbocycles. The van der Waals surface area contributed by atoms with Crippen LogP contribution in [0, 0.1) is 0 Å². The number of halogens is 1. The van der Waals surface area contributed by atoms with Crippen LogP contribution in [0.3, 0.4) is 0 Å². The van der Waals surface area contributed by atoms with Crippen molar-refractivity contribution in [2.75, 3.05) is 26.3 Å². The van der Waals surface area contributed by atoms with Crippen molar-refractivity contribution in [1.29, 1.82) is 0 Å². The van der Waals surface area contributed by atoms with Gasteiger partial charge in [-0.15, -0.1) is 0 Å². The number of carbonyl (C=O) groups excluding carboxylic acids is 1. The van der Waals surface area contributed by atoms with Gasteiger partial charge in [0.1, 0.15) is 5.69 Å². The smallest absolute Gasteiger partial charge is 0.271 e. The number of para-hydroxylation sites is 1. The Hall–Kier alpha value is -1.33. The quantitative estimate of drug-likeness (QED) is 0.808. The van der Waals surface area contributed by atoms with Gasteiger partial charge in [0, 0.05) is 31.0 Å². The van der Waals surface area contributed by atoms with Crippen molar-refractivity contribution < 1.29 is 9.53 Å². The highest BCUT2D eigenvalue weighted by molar-refractivity contribution is 9.10. The van der Waals surface area contributed by atoms with E-state index in [0.29, 0.717) is 32.0 Å². The maximum atomic E-state index is 12.6. The van der Waals surface area contributed by atoms with Crippen molar-refractivity contribution in [3.63, 3.8) is 0 Å². The fraction of sp³-hybridized carbons (Fsp3) is 0.357. The Kier molecular flexibility index (Phi) is 3.33. The Morgan fingerprint density at radius 3 is 2.63 bits per heavy atom. The summed E-state index contributed by atoms with van der Waals surface area (Å²) in [6.45, 7) is 2.56. The molecule has 0 bridgehead atoms. The zero-order chi connectivity index (χ0) is 13.4. The summed E-state index contributed by atoms with van der Waals surface area (Å²) in [5.74, 6) is 0.0638. The predicted molar refractivity (Wildman–Crippen MR) is 77.3 cm³/mol. The second-order valence-electron chi connectivity index (χ2n) is 4.64. The average molecular weight is 323 g/mol. The van der Waals surface area contributed by atoms with Crippen molar-refractivity contribution in [1.82, 2.24) is 9.47 Å². The molecular formula is C14H15BrN2O2. The minimum absolute atomic E-state index is 0.0638. The van der Waals surface area contributed by atoms with Crippen LogP contribution in [-0.4, -0.2) is 41.7 Å². The molecule has 0 spiro atoms. The Balaban J connectivity index is 2.06. The van der Waals surface area contributed by atoms with Gasteiger partial charge in [-0.1, -0.05) is 18.2 Å². The van der Waals surface area contributed by atoms with E-state index in [-0.39, 0.29) is 5.91 Å². The summed E-state index contributed by atoms with van der Waals surface area (Å²) in [5.41, 5.74) is 1.77. The number of hydrogen-bond acceptors (Lipinski definition) is 2. The number of morpholine rings is 1. The Bertz CT molecular complexity index is 591. The Labute approximate surface area is 120 Å². The largest absolute Gasteiger partial charge is 0.378 e. The van der Waals surface area contributed by atoms with Gasteiger partial charge in [0.25, 0.3) is 5.91 Å². The van der Waals surface area contributed by atoms with E-state index in [0.717, 1.165) is 15.4 Å². The number of nitrogens with zero attached hydrogens (tertiary/aromatic N) is 2. The fourth-order valence-corrected chi connectivity index (χ4v) is 3.27. The molecule has 0 radical (unpaired) electrons. The predicted octanol–water partition coefficient (Wildman–Crippen LogP) is 2.41. The molecule has 4 nitrogen and oxygen atoms in total. The van der Waals surface area contributed by atoms with Crippen LogP contribution < -0.4 is 0 Å². The summed E-state index contributed by atoms with van der Waals surface area (Å²) in [6.07, 6.45) is 0. The van der Waals surface area contributed by atoms with Crippen LogP contribution in [0.4, 0.5) is 0 Å². The lowest BCUT2D eigenvalue weighted by atomic mass is 10.2. The van der Waals surface area contributed by atoms with E-state index in [2.05, 4.69) is 15.9 Å². The number of rotatable bonds is 1. The number of fused-ring (bicyclic) bond motifs is 1. The SMILES string of the molecule is Cn1c(C(=O)N2CCOCC2)c(Br)c2ccccc21. The van der Waals surface area contributed by atoms with Gasteiger partial charge < -0.3 is 14.2 Å². The molecule has 1 aliphatic rings. The van der Waals surface area contributed by atoms with Crippen LogP contribution >= 0.6 is 15.9 Å². The van der Waals surface area contributed by atoms with Crippen LogP contribution in [0.15, 0.2) is 28.7 Å². The van der Waals surface area contributed by atoms with Gasteiger partial charge in [-0.3, -0.25) is 4.79 Å². The minimum atomic E-state index is 0.0638. The van der Waals surface area contributed by atoms with Crippen molar-refractivity contribution >= 4 is 32.7 Å². The van der Waals surface area contributed by atoms with E-state index in [1.54, 1.807) is 0 Å². The van der Waals surface area contributed by atoms with Gasteiger partial charge >= 0.3 is 0 Å². The summed E-state index contributed by atoms with van der Waals surface area (Å²) >= 11 is 3.57. The maximum absolute atomic E-state index is 12.6. The van der Waals surface area contributed by atoms with Crippen LogP contribution in [0.1, 0.15) is 10.5 Å². The maximum Gasteiger partial charge on any atom is 0.271 e. The molecule has 3 rings (SSSR count). The van der Waals surface area contributed by atoms with E-state index in [9.17, 15) is 4.79 Å². The van der Waals surface area contributed by atoms with Crippen LogP contribution in [0.25, 0.3) is 10.9 Å². The molecule has 1 aliphatic heterocycles. The molecular weight excluding hydrogens is 308 g/mol. The van der Waals surface area contributed by atoms with Gasteiger partial charge in [0.05, 0.1) is 17.7 Å².